The van der Waals surface area contributed by atoms with E-state index < -0.39 is 32.7 Å². The summed E-state index contributed by atoms with van der Waals surface area (Å²) in [5.74, 6) is -1.68. The Bertz CT molecular complexity index is 975. The predicted molar refractivity (Wildman–Crippen MR) is 108 cm³/mol. The summed E-state index contributed by atoms with van der Waals surface area (Å²) >= 11 is 0. The average Bonchev–Trinajstić information content (AvgIpc) is 2.66. The van der Waals surface area contributed by atoms with Crippen LogP contribution in [0.5, 0.6) is 0 Å². The maximum absolute atomic E-state index is 13.7. The van der Waals surface area contributed by atoms with E-state index in [0.29, 0.717) is 5.69 Å². The van der Waals surface area contributed by atoms with E-state index in [4.69, 9.17) is 0 Å². The first-order valence-corrected chi connectivity index (χ1v) is 10.5. The van der Waals surface area contributed by atoms with Crippen molar-refractivity contribution in [3.63, 3.8) is 0 Å². The van der Waals surface area contributed by atoms with Gasteiger partial charge in [-0.15, -0.1) is 0 Å². The van der Waals surface area contributed by atoms with E-state index in [1.165, 1.54) is 19.1 Å². The van der Waals surface area contributed by atoms with Gasteiger partial charge in [-0.05, 0) is 36.8 Å². The molecular formula is C20H24FN3O4S. The van der Waals surface area contributed by atoms with E-state index in [0.717, 1.165) is 17.7 Å². The molecule has 1 atom stereocenters. The monoisotopic (exact) mass is 421 g/mol. The van der Waals surface area contributed by atoms with Gasteiger partial charge in [0.25, 0.3) is 0 Å². The van der Waals surface area contributed by atoms with Crippen LogP contribution in [0.3, 0.4) is 0 Å². The molecule has 0 spiro atoms. The molecule has 2 amide bonds. The maximum atomic E-state index is 13.7. The Morgan fingerprint density at radius 2 is 1.59 bits per heavy atom. The molecule has 0 heterocycles. The third-order valence-electron chi connectivity index (χ3n) is 4.06. The second-order valence-electron chi connectivity index (χ2n) is 6.83. The Balaban J connectivity index is 1.92. The van der Waals surface area contributed by atoms with Gasteiger partial charge in [0.2, 0.25) is 21.8 Å². The molecule has 2 aromatic carbocycles. The second-order valence-corrected chi connectivity index (χ2v) is 8.51. The van der Waals surface area contributed by atoms with Gasteiger partial charge in [-0.25, -0.2) is 12.8 Å². The fraction of sp³-hybridized carbons (Fsp3) is 0.300. The van der Waals surface area contributed by atoms with Gasteiger partial charge < -0.3 is 10.6 Å². The van der Waals surface area contributed by atoms with Gasteiger partial charge in [0.15, 0.2) is 0 Å². The van der Waals surface area contributed by atoms with Crippen molar-refractivity contribution in [3.05, 3.63) is 59.9 Å². The normalized spacial score (nSPS) is 12.4. The van der Waals surface area contributed by atoms with E-state index in [2.05, 4.69) is 15.4 Å². The lowest BCUT2D eigenvalue weighted by Crippen LogP contribution is -2.44. The minimum absolute atomic E-state index is 0.0954. The molecule has 0 saturated carbocycles. The number of halogens is 1. The number of rotatable bonds is 8. The molecule has 0 aliphatic rings. The first-order chi connectivity index (χ1) is 13.6. The quantitative estimate of drug-likeness (QED) is 0.609. The van der Waals surface area contributed by atoms with Crippen molar-refractivity contribution in [2.24, 2.45) is 5.92 Å². The summed E-state index contributed by atoms with van der Waals surface area (Å²) in [4.78, 5) is 23.4. The lowest BCUT2D eigenvalue weighted by Gasteiger charge is -2.15. The zero-order valence-electron chi connectivity index (χ0n) is 16.4. The molecule has 0 aliphatic carbocycles. The number of carbonyl (C=O) groups excluding carboxylic acids is 2. The van der Waals surface area contributed by atoms with Crippen molar-refractivity contribution in [1.82, 2.24) is 10.0 Å². The van der Waals surface area contributed by atoms with Crippen molar-refractivity contribution >= 4 is 27.5 Å². The van der Waals surface area contributed by atoms with Gasteiger partial charge in [-0.1, -0.05) is 38.1 Å². The minimum atomic E-state index is -4.17. The van der Waals surface area contributed by atoms with Gasteiger partial charge in [-0.3, -0.25) is 9.59 Å². The van der Waals surface area contributed by atoms with Crippen LogP contribution in [0.2, 0.25) is 0 Å². The fourth-order valence-electron chi connectivity index (χ4n) is 2.35. The summed E-state index contributed by atoms with van der Waals surface area (Å²) in [6.07, 6.45) is 0. The van der Waals surface area contributed by atoms with Crippen LogP contribution in [0.1, 0.15) is 26.3 Å². The predicted octanol–water partition coefficient (Wildman–Crippen LogP) is 2.40. The highest BCUT2D eigenvalue weighted by atomic mass is 32.2. The molecule has 0 fully saturated rings. The van der Waals surface area contributed by atoms with Crippen molar-refractivity contribution in [2.75, 3.05) is 5.32 Å². The molecule has 0 saturated heterocycles. The first-order valence-electron chi connectivity index (χ1n) is 9.04. The minimum Gasteiger partial charge on any atom is -0.351 e. The van der Waals surface area contributed by atoms with E-state index >= 15 is 0 Å². The number of anilines is 1. The summed E-state index contributed by atoms with van der Waals surface area (Å²) in [6.45, 7) is 5.13. The number of carbonyl (C=O) groups is 2. The summed E-state index contributed by atoms with van der Waals surface area (Å²) in [6, 6.07) is 10.8. The molecule has 9 heteroatoms. The van der Waals surface area contributed by atoms with Gasteiger partial charge >= 0.3 is 0 Å². The Hall–Kier alpha value is -2.78. The van der Waals surface area contributed by atoms with Crippen LogP contribution in [0, 0.1) is 11.7 Å². The maximum Gasteiger partial charge on any atom is 0.244 e. The van der Waals surface area contributed by atoms with Crippen molar-refractivity contribution in [3.8, 4) is 0 Å². The van der Waals surface area contributed by atoms with Gasteiger partial charge in [0.1, 0.15) is 10.7 Å². The molecule has 0 radical (unpaired) electrons. The van der Waals surface area contributed by atoms with Crippen LogP contribution in [0.25, 0.3) is 0 Å². The van der Waals surface area contributed by atoms with Crippen molar-refractivity contribution < 1.29 is 22.4 Å². The zero-order chi connectivity index (χ0) is 21.6. The van der Waals surface area contributed by atoms with Gasteiger partial charge in [0, 0.05) is 18.2 Å². The Morgan fingerprint density at radius 3 is 2.17 bits per heavy atom. The molecule has 29 heavy (non-hydrogen) atoms. The van der Waals surface area contributed by atoms with E-state index in [1.807, 2.05) is 0 Å². The third kappa shape index (κ3) is 6.37. The smallest absolute Gasteiger partial charge is 0.244 e. The molecule has 7 nitrogen and oxygen atoms in total. The molecule has 0 aliphatic heterocycles. The molecule has 0 unspecified atom stereocenters. The lowest BCUT2D eigenvalue weighted by atomic mass is 10.1. The van der Waals surface area contributed by atoms with E-state index in [1.54, 1.807) is 38.1 Å². The summed E-state index contributed by atoms with van der Waals surface area (Å²) < 4.78 is 40.4. The number of benzene rings is 2. The van der Waals surface area contributed by atoms with Crippen LogP contribution >= 0.6 is 0 Å². The summed E-state index contributed by atoms with van der Waals surface area (Å²) in [5, 5.41) is 5.38. The standard InChI is InChI=1S/C20H24FN3O4S/c1-13(2)19(25)23-16-10-8-15(9-11-16)12-22-20(26)14(3)24-29(27,28)18-7-5-4-6-17(18)21/h4-11,13-14,24H,12H2,1-3H3,(H,22,26)(H,23,25)/t14-/m0/s1. The molecule has 2 rings (SSSR count). The first kappa shape index (κ1) is 22.5. The van der Waals surface area contributed by atoms with E-state index in [9.17, 15) is 22.4 Å². The van der Waals surface area contributed by atoms with Gasteiger partial charge in [0.05, 0.1) is 6.04 Å². The second kappa shape index (κ2) is 9.62. The highest BCUT2D eigenvalue weighted by Crippen LogP contribution is 2.14. The largest absolute Gasteiger partial charge is 0.351 e. The van der Waals surface area contributed by atoms with Crippen molar-refractivity contribution in [1.29, 1.82) is 0 Å². The molecular weight excluding hydrogens is 397 g/mol. The van der Waals surface area contributed by atoms with Crippen molar-refractivity contribution in [2.45, 2.75) is 38.3 Å². The number of hydrogen-bond acceptors (Lipinski definition) is 4. The highest BCUT2D eigenvalue weighted by molar-refractivity contribution is 7.89. The topological polar surface area (TPSA) is 104 Å². The van der Waals surface area contributed by atoms with Gasteiger partial charge in [-0.2, -0.15) is 4.72 Å². The molecule has 156 valence electrons. The lowest BCUT2D eigenvalue weighted by molar-refractivity contribution is -0.122. The Labute approximate surface area is 169 Å². The van der Waals surface area contributed by atoms with Crippen LogP contribution in [-0.4, -0.2) is 26.3 Å². The van der Waals surface area contributed by atoms with Crippen LogP contribution in [0.15, 0.2) is 53.4 Å². The zero-order valence-corrected chi connectivity index (χ0v) is 17.2. The highest BCUT2D eigenvalue weighted by Gasteiger charge is 2.24. The Kier molecular flexibility index (Phi) is 7.46. The summed E-state index contributed by atoms with van der Waals surface area (Å²) in [7, 11) is -4.17. The van der Waals surface area contributed by atoms with Crippen LogP contribution in [-0.2, 0) is 26.2 Å². The molecule has 3 N–H and O–H groups in total. The molecule has 2 aromatic rings. The summed E-state index contributed by atoms with van der Waals surface area (Å²) in [5.41, 5.74) is 1.41. The SMILES string of the molecule is CC(C)C(=O)Nc1ccc(CNC(=O)[C@H](C)NS(=O)(=O)c2ccccc2F)cc1. The number of amides is 2. The molecule has 0 aromatic heterocycles. The van der Waals surface area contributed by atoms with Crippen LogP contribution < -0.4 is 15.4 Å². The number of sulfonamides is 1. The van der Waals surface area contributed by atoms with E-state index in [-0.39, 0.29) is 18.4 Å². The third-order valence-corrected chi connectivity index (χ3v) is 5.64. The molecule has 0 bridgehead atoms. The Morgan fingerprint density at radius 1 is 0.966 bits per heavy atom. The number of nitrogens with one attached hydrogen (secondary N) is 3. The van der Waals surface area contributed by atoms with Crippen LogP contribution in [0.4, 0.5) is 10.1 Å². The number of hydrogen-bond donors (Lipinski definition) is 3. The average molecular weight is 421 g/mol. The fourth-order valence-corrected chi connectivity index (χ4v) is 3.63.